The van der Waals surface area contributed by atoms with Gasteiger partial charge in [-0.3, -0.25) is 4.79 Å². The van der Waals surface area contributed by atoms with E-state index in [0.29, 0.717) is 24.3 Å². The number of amides is 1. The monoisotopic (exact) mass is 467 g/mol. The third kappa shape index (κ3) is 4.29. The number of hydrogen-bond acceptors (Lipinski definition) is 4. The van der Waals surface area contributed by atoms with Crippen LogP contribution in [0, 0.1) is 27.7 Å². The Labute approximate surface area is 207 Å². The number of carbonyl (C=O) groups excluding carboxylic acids is 1. The van der Waals surface area contributed by atoms with Crippen LogP contribution in [0.25, 0.3) is 5.65 Å². The summed E-state index contributed by atoms with van der Waals surface area (Å²) in [6.07, 6.45) is 2.49. The second-order valence-electron chi connectivity index (χ2n) is 9.79. The van der Waals surface area contributed by atoms with E-state index in [1.165, 1.54) is 22.4 Å². The molecule has 0 N–H and O–H groups in total. The SMILES string of the molecule is Cc1cccc(N2CCN(C(=O)c3cnn4c(C)c(Cc5ccccc5C)c(C)nc34)C[C@@H]2C)c1. The first-order chi connectivity index (χ1) is 16.8. The van der Waals surface area contributed by atoms with Gasteiger partial charge in [-0.1, -0.05) is 36.4 Å². The molecule has 5 rings (SSSR count). The number of carbonyl (C=O) groups is 1. The largest absolute Gasteiger partial charge is 0.365 e. The molecule has 0 unspecified atom stereocenters. The van der Waals surface area contributed by atoms with Gasteiger partial charge in [-0.05, 0) is 69.0 Å². The number of piperazine rings is 1. The fourth-order valence-corrected chi connectivity index (χ4v) is 5.22. The van der Waals surface area contributed by atoms with Crippen molar-refractivity contribution >= 4 is 17.2 Å². The standard InChI is InChI=1S/C29H33N5O/c1-19-9-8-12-25(15-19)33-14-13-32(18-21(33)3)29(35)27-17-30-34-23(5)26(22(4)31-28(27)34)16-24-11-7-6-10-20(24)2/h6-12,15,17,21H,13-14,16,18H2,1-5H3/t21-/m0/s1. The molecule has 1 atom stereocenters. The first-order valence-corrected chi connectivity index (χ1v) is 12.3. The summed E-state index contributed by atoms with van der Waals surface area (Å²) in [4.78, 5) is 22.8. The minimum atomic E-state index is 0.00805. The Balaban J connectivity index is 1.39. The summed E-state index contributed by atoms with van der Waals surface area (Å²) in [5.74, 6) is 0.00805. The molecule has 0 spiro atoms. The van der Waals surface area contributed by atoms with Crippen LogP contribution in [0.4, 0.5) is 5.69 Å². The van der Waals surface area contributed by atoms with E-state index in [4.69, 9.17) is 4.98 Å². The number of anilines is 1. The van der Waals surface area contributed by atoms with Gasteiger partial charge in [0.25, 0.3) is 5.91 Å². The highest BCUT2D eigenvalue weighted by atomic mass is 16.2. The molecular formula is C29H33N5O. The molecule has 0 bridgehead atoms. The van der Waals surface area contributed by atoms with E-state index in [0.717, 1.165) is 29.9 Å². The van der Waals surface area contributed by atoms with Crippen molar-refractivity contribution in [1.82, 2.24) is 19.5 Å². The molecule has 6 nitrogen and oxygen atoms in total. The van der Waals surface area contributed by atoms with Gasteiger partial charge in [0.1, 0.15) is 5.56 Å². The molecule has 0 aliphatic carbocycles. The van der Waals surface area contributed by atoms with Crippen LogP contribution >= 0.6 is 0 Å². The van der Waals surface area contributed by atoms with Gasteiger partial charge in [0.2, 0.25) is 0 Å². The van der Waals surface area contributed by atoms with Crippen molar-refractivity contribution in [2.45, 2.75) is 47.1 Å². The maximum absolute atomic E-state index is 13.6. The molecule has 3 heterocycles. The number of benzene rings is 2. The second kappa shape index (κ2) is 9.17. The Hall–Kier alpha value is -3.67. The van der Waals surface area contributed by atoms with Crippen molar-refractivity contribution in [3.8, 4) is 0 Å². The molecule has 1 saturated heterocycles. The molecule has 180 valence electrons. The maximum Gasteiger partial charge on any atom is 0.259 e. The molecule has 1 aliphatic rings. The number of hydrogen-bond donors (Lipinski definition) is 0. The van der Waals surface area contributed by atoms with Crippen LogP contribution in [0.5, 0.6) is 0 Å². The quantitative estimate of drug-likeness (QED) is 0.428. The number of aryl methyl sites for hydroxylation is 4. The van der Waals surface area contributed by atoms with Gasteiger partial charge in [0.15, 0.2) is 5.65 Å². The number of aromatic nitrogens is 3. The number of rotatable bonds is 4. The average molecular weight is 468 g/mol. The Morgan fingerprint density at radius 2 is 1.83 bits per heavy atom. The van der Waals surface area contributed by atoms with Crippen molar-refractivity contribution in [2.75, 3.05) is 24.5 Å². The zero-order chi connectivity index (χ0) is 24.7. The van der Waals surface area contributed by atoms with E-state index in [-0.39, 0.29) is 11.9 Å². The van der Waals surface area contributed by atoms with Crippen LogP contribution < -0.4 is 4.90 Å². The van der Waals surface area contributed by atoms with Gasteiger partial charge in [-0.15, -0.1) is 0 Å². The van der Waals surface area contributed by atoms with E-state index >= 15 is 0 Å². The molecule has 2 aromatic heterocycles. The molecule has 1 amide bonds. The third-order valence-electron chi connectivity index (χ3n) is 7.32. The van der Waals surface area contributed by atoms with Crippen LogP contribution in [0.1, 0.15) is 50.9 Å². The van der Waals surface area contributed by atoms with Crippen molar-refractivity contribution in [1.29, 1.82) is 0 Å². The molecule has 0 saturated carbocycles. The lowest BCUT2D eigenvalue weighted by Crippen LogP contribution is -2.53. The molecule has 35 heavy (non-hydrogen) atoms. The molecule has 0 radical (unpaired) electrons. The topological polar surface area (TPSA) is 53.7 Å². The predicted molar refractivity (Wildman–Crippen MR) is 140 cm³/mol. The Morgan fingerprint density at radius 1 is 1.03 bits per heavy atom. The van der Waals surface area contributed by atoms with E-state index in [2.05, 4.69) is 86.2 Å². The summed E-state index contributed by atoms with van der Waals surface area (Å²) in [6.45, 7) is 12.7. The maximum atomic E-state index is 13.6. The fourth-order valence-electron chi connectivity index (χ4n) is 5.22. The molecular weight excluding hydrogens is 434 g/mol. The van der Waals surface area contributed by atoms with Gasteiger partial charge >= 0.3 is 0 Å². The molecule has 1 aliphatic heterocycles. The lowest BCUT2D eigenvalue weighted by atomic mass is 9.98. The Kier molecular flexibility index (Phi) is 6.05. The van der Waals surface area contributed by atoms with Crippen molar-refractivity contribution in [2.24, 2.45) is 0 Å². The summed E-state index contributed by atoms with van der Waals surface area (Å²) in [5.41, 5.74) is 9.38. The first kappa shape index (κ1) is 23.1. The summed E-state index contributed by atoms with van der Waals surface area (Å²) in [6, 6.07) is 17.2. The first-order valence-electron chi connectivity index (χ1n) is 12.3. The van der Waals surface area contributed by atoms with Gasteiger partial charge in [0, 0.05) is 49.2 Å². The van der Waals surface area contributed by atoms with E-state index < -0.39 is 0 Å². The smallest absolute Gasteiger partial charge is 0.259 e. The fraction of sp³-hybridized carbons (Fsp3) is 0.345. The van der Waals surface area contributed by atoms with Gasteiger partial charge in [-0.25, -0.2) is 9.50 Å². The number of nitrogens with zero attached hydrogens (tertiary/aromatic N) is 5. The van der Waals surface area contributed by atoms with Crippen LogP contribution in [0.3, 0.4) is 0 Å². The zero-order valence-corrected chi connectivity index (χ0v) is 21.2. The van der Waals surface area contributed by atoms with Crippen LogP contribution in [0.2, 0.25) is 0 Å². The summed E-state index contributed by atoms with van der Waals surface area (Å²) < 4.78 is 1.83. The lowest BCUT2D eigenvalue weighted by molar-refractivity contribution is 0.0728. The predicted octanol–water partition coefficient (Wildman–Crippen LogP) is 4.90. The highest BCUT2D eigenvalue weighted by molar-refractivity contribution is 6.00. The summed E-state index contributed by atoms with van der Waals surface area (Å²) in [5, 5.41) is 4.59. The van der Waals surface area contributed by atoms with Gasteiger partial charge < -0.3 is 9.80 Å². The lowest BCUT2D eigenvalue weighted by Gasteiger charge is -2.41. The highest BCUT2D eigenvalue weighted by Crippen LogP contribution is 2.25. The minimum Gasteiger partial charge on any atom is -0.365 e. The van der Waals surface area contributed by atoms with E-state index in [9.17, 15) is 4.79 Å². The normalized spacial score (nSPS) is 16.2. The van der Waals surface area contributed by atoms with Crippen LogP contribution in [-0.2, 0) is 6.42 Å². The molecule has 6 heteroatoms. The Morgan fingerprint density at radius 3 is 2.57 bits per heavy atom. The molecule has 1 fully saturated rings. The average Bonchev–Trinajstić information content (AvgIpc) is 3.26. The highest BCUT2D eigenvalue weighted by Gasteiger charge is 2.30. The van der Waals surface area contributed by atoms with E-state index in [1.807, 2.05) is 16.3 Å². The number of fused-ring (bicyclic) bond motifs is 1. The van der Waals surface area contributed by atoms with Gasteiger partial charge in [-0.2, -0.15) is 5.10 Å². The summed E-state index contributed by atoms with van der Waals surface area (Å²) in [7, 11) is 0. The molecule has 4 aromatic rings. The second-order valence-corrected chi connectivity index (χ2v) is 9.79. The van der Waals surface area contributed by atoms with Crippen molar-refractivity contribution < 1.29 is 4.79 Å². The van der Waals surface area contributed by atoms with E-state index in [1.54, 1.807) is 6.20 Å². The third-order valence-corrected chi connectivity index (χ3v) is 7.32. The van der Waals surface area contributed by atoms with Crippen molar-refractivity contribution in [3.63, 3.8) is 0 Å². The van der Waals surface area contributed by atoms with Crippen LogP contribution in [-0.4, -0.2) is 51.1 Å². The summed E-state index contributed by atoms with van der Waals surface area (Å²) >= 11 is 0. The Bertz CT molecular complexity index is 1410. The van der Waals surface area contributed by atoms with Crippen molar-refractivity contribution in [3.05, 3.63) is 93.9 Å². The minimum absolute atomic E-state index is 0.00805. The van der Waals surface area contributed by atoms with Crippen LogP contribution in [0.15, 0.2) is 54.7 Å². The zero-order valence-electron chi connectivity index (χ0n) is 21.2. The van der Waals surface area contributed by atoms with Gasteiger partial charge in [0.05, 0.1) is 6.20 Å². The molecule has 2 aromatic carbocycles.